The molecule has 0 amide bonds. The lowest BCUT2D eigenvalue weighted by Gasteiger charge is -2.33. The Labute approximate surface area is 127 Å². The smallest absolute Gasteiger partial charge is 0.0499 e. The highest BCUT2D eigenvalue weighted by Crippen LogP contribution is 2.26. The van der Waals surface area contributed by atoms with E-state index in [0.717, 1.165) is 13.0 Å². The van der Waals surface area contributed by atoms with Crippen molar-refractivity contribution in [2.75, 3.05) is 7.05 Å². The molecule has 0 aliphatic heterocycles. The fourth-order valence-electron chi connectivity index (χ4n) is 2.78. The van der Waals surface area contributed by atoms with E-state index in [0.29, 0.717) is 0 Å². The molecule has 0 saturated carbocycles. The maximum atomic E-state index is 6.40. The van der Waals surface area contributed by atoms with Gasteiger partial charge in [0.15, 0.2) is 0 Å². The summed E-state index contributed by atoms with van der Waals surface area (Å²) in [7, 11) is 2.13. The Morgan fingerprint density at radius 2 is 2.05 bits per heavy atom. The Bertz CT molecular complexity index is 553. The van der Waals surface area contributed by atoms with E-state index in [4.69, 9.17) is 5.73 Å². The van der Waals surface area contributed by atoms with Crippen molar-refractivity contribution in [3.05, 3.63) is 65.5 Å². The first-order valence-corrected chi connectivity index (χ1v) is 7.53. The monoisotopic (exact) mass is 283 g/mol. The highest BCUT2D eigenvalue weighted by atomic mass is 15.1. The van der Waals surface area contributed by atoms with Gasteiger partial charge in [-0.15, -0.1) is 0 Å². The number of rotatable bonds is 6. The van der Waals surface area contributed by atoms with Crippen molar-refractivity contribution >= 4 is 0 Å². The molecule has 0 radical (unpaired) electrons. The van der Waals surface area contributed by atoms with Gasteiger partial charge in [0.05, 0.1) is 0 Å². The maximum Gasteiger partial charge on any atom is 0.0499 e. The number of benzene rings is 1. The van der Waals surface area contributed by atoms with Crippen molar-refractivity contribution in [3.63, 3.8) is 0 Å². The Kier molecular flexibility index (Phi) is 5.48. The first-order chi connectivity index (χ1) is 10.1. The molecule has 3 heteroatoms. The average molecular weight is 283 g/mol. The van der Waals surface area contributed by atoms with E-state index >= 15 is 0 Å². The molecule has 0 bridgehead atoms. The minimum atomic E-state index is 0.119. The van der Waals surface area contributed by atoms with E-state index in [1.807, 2.05) is 12.3 Å². The SMILES string of the molecule is CCC(N)C(c1cccc(C)c1)N(C)Cc1cccnc1. The second-order valence-electron chi connectivity index (χ2n) is 5.71. The van der Waals surface area contributed by atoms with Crippen LogP contribution in [0.5, 0.6) is 0 Å². The van der Waals surface area contributed by atoms with Crippen LogP contribution in [0, 0.1) is 6.92 Å². The zero-order valence-corrected chi connectivity index (χ0v) is 13.2. The summed E-state index contributed by atoms with van der Waals surface area (Å²) in [4.78, 5) is 6.51. The molecule has 0 saturated heterocycles. The average Bonchev–Trinajstić information content (AvgIpc) is 2.48. The molecule has 1 aromatic carbocycles. The fraction of sp³-hybridized carbons (Fsp3) is 0.389. The zero-order chi connectivity index (χ0) is 15.2. The zero-order valence-electron chi connectivity index (χ0n) is 13.2. The van der Waals surface area contributed by atoms with Crippen molar-refractivity contribution in [3.8, 4) is 0 Å². The summed E-state index contributed by atoms with van der Waals surface area (Å²) in [6.45, 7) is 5.12. The third-order valence-electron chi connectivity index (χ3n) is 3.89. The molecule has 1 heterocycles. The summed E-state index contributed by atoms with van der Waals surface area (Å²) in [5, 5.41) is 0. The van der Waals surface area contributed by atoms with Crippen LogP contribution >= 0.6 is 0 Å². The molecule has 0 aliphatic rings. The van der Waals surface area contributed by atoms with Gasteiger partial charge in [0, 0.05) is 31.0 Å². The van der Waals surface area contributed by atoms with Crippen molar-refractivity contribution in [2.24, 2.45) is 5.73 Å². The lowest BCUT2D eigenvalue weighted by molar-refractivity contribution is 0.201. The molecule has 0 aliphatic carbocycles. The molecule has 2 aromatic rings. The number of pyridine rings is 1. The van der Waals surface area contributed by atoms with Gasteiger partial charge in [-0.25, -0.2) is 0 Å². The number of likely N-dealkylation sites (N-methyl/N-ethyl adjacent to an activating group) is 1. The molecule has 112 valence electrons. The van der Waals surface area contributed by atoms with Gasteiger partial charge in [0.1, 0.15) is 0 Å². The van der Waals surface area contributed by atoms with Gasteiger partial charge in [0.2, 0.25) is 0 Å². The van der Waals surface area contributed by atoms with Gasteiger partial charge in [0.25, 0.3) is 0 Å². The minimum Gasteiger partial charge on any atom is -0.326 e. The largest absolute Gasteiger partial charge is 0.326 e. The maximum absolute atomic E-state index is 6.40. The van der Waals surface area contributed by atoms with Crippen LogP contribution in [0.1, 0.15) is 36.1 Å². The number of hydrogen-bond donors (Lipinski definition) is 1. The van der Waals surface area contributed by atoms with E-state index in [1.54, 1.807) is 6.20 Å². The van der Waals surface area contributed by atoms with Crippen LogP contribution < -0.4 is 5.73 Å². The number of aryl methyl sites for hydroxylation is 1. The molecule has 0 spiro atoms. The molecule has 2 atom stereocenters. The predicted octanol–water partition coefficient (Wildman–Crippen LogP) is 3.30. The van der Waals surface area contributed by atoms with Gasteiger partial charge in [-0.1, -0.05) is 42.8 Å². The van der Waals surface area contributed by atoms with Gasteiger partial charge >= 0.3 is 0 Å². The Hall–Kier alpha value is -1.71. The second-order valence-corrected chi connectivity index (χ2v) is 5.71. The van der Waals surface area contributed by atoms with Crippen LogP contribution in [-0.4, -0.2) is 23.0 Å². The number of nitrogens with zero attached hydrogens (tertiary/aromatic N) is 2. The summed E-state index contributed by atoms with van der Waals surface area (Å²) in [6, 6.07) is 13.1. The Morgan fingerprint density at radius 1 is 1.24 bits per heavy atom. The van der Waals surface area contributed by atoms with E-state index < -0.39 is 0 Å². The predicted molar refractivity (Wildman–Crippen MR) is 87.9 cm³/mol. The molecule has 2 unspecified atom stereocenters. The third kappa shape index (κ3) is 4.13. The lowest BCUT2D eigenvalue weighted by atomic mass is 9.95. The second kappa shape index (κ2) is 7.34. The minimum absolute atomic E-state index is 0.119. The Balaban J connectivity index is 2.23. The molecular weight excluding hydrogens is 258 g/mol. The van der Waals surface area contributed by atoms with Crippen LogP contribution in [0.3, 0.4) is 0 Å². The van der Waals surface area contributed by atoms with Crippen LogP contribution in [0.2, 0.25) is 0 Å². The van der Waals surface area contributed by atoms with E-state index in [9.17, 15) is 0 Å². The summed E-state index contributed by atoms with van der Waals surface area (Å²) in [5.41, 5.74) is 10.2. The third-order valence-corrected chi connectivity index (χ3v) is 3.89. The number of nitrogens with two attached hydrogens (primary N) is 1. The molecule has 3 nitrogen and oxygen atoms in total. The number of hydrogen-bond acceptors (Lipinski definition) is 3. The highest BCUT2D eigenvalue weighted by Gasteiger charge is 2.23. The van der Waals surface area contributed by atoms with Crippen molar-refractivity contribution < 1.29 is 0 Å². The van der Waals surface area contributed by atoms with E-state index in [2.05, 4.69) is 61.1 Å². The lowest BCUT2D eigenvalue weighted by Crippen LogP contribution is -2.38. The van der Waals surface area contributed by atoms with Gasteiger partial charge in [-0.2, -0.15) is 0 Å². The van der Waals surface area contributed by atoms with Gasteiger partial charge in [-0.05, 0) is 37.6 Å². The highest BCUT2D eigenvalue weighted by molar-refractivity contribution is 5.26. The quantitative estimate of drug-likeness (QED) is 0.884. The van der Waals surface area contributed by atoms with E-state index in [-0.39, 0.29) is 12.1 Å². The standard InChI is InChI=1S/C18H25N3/c1-4-17(19)18(16-9-5-7-14(2)11-16)21(3)13-15-8-6-10-20-12-15/h5-12,17-18H,4,13,19H2,1-3H3. The molecular formula is C18H25N3. The summed E-state index contributed by atoms with van der Waals surface area (Å²) < 4.78 is 0. The van der Waals surface area contributed by atoms with Crippen molar-refractivity contribution in [2.45, 2.75) is 38.9 Å². The van der Waals surface area contributed by atoms with Crippen LogP contribution in [0.4, 0.5) is 0 Å². The van der Waals surface area contributed by atoms with E-state index in [1.165, 1.54) is 16.7 Å². The molecule has 2 rings (SSSR count). The van der Waals surface area contributed by atoms with Gasteiger partial charge in [-0.3, -0.25) is 9.88 Å². The van der Waals surface area contributed by atoms with Crippen LogP contribution in [0.25, 0.3) is 0 Å². The Morgan fingerprint density at radius 3 is 2.67 bits per heavy atom. The van der Waals surface area contributed by atoms with Crippen LogP contribution in [0.15, 0.2) is 48.8 Å². The molecule has 1 aromatic heterocycles. The topological polar surface area (TPSA) is 42.1 Å². The molecule has 21 heavy (non-hydrogen) atoms. The number of aromatic nitrogens is 1. The normalized spacial score (nSPS) is 14.1. The van der Waals surface area contributed by atoms with Crippen molar-refractivity contribution in [1.82, 2.24) is 9.88 Å². The van der Waals surface area contributed by atoms with Crippen LogP contribution in [-0.2, 0) is 6.54 Å². The summed E-state index contributed by atoms with van der Waals surface area (Å²) in [6.07, 6.45) is 4.68. The summed E-state index contributed by atoms with van der Waals surface area (Å²) in [5.74, 6) is 0. The molecule has 0 fully saturated rings. The summed E-state index contributed by atoms with van der Waals surface area (Å²) >= 11 is 0. The first-order valence-electron chi connectivity index (χ1n) is 7.53. The van der Waals surface area contributed by atoms with Crippen molar-refractivity contribution in [1.29, 1.82) is 0 Å². The molecule has 2 N–H and O–H groups in total. The van der Waals surface area contributed by atoms with Gasteiger partial charge < -0.3 is 5.73 Å². The first kappa shape index (κ1) is 15.7. The fourth-order valence-corrected chi connectivity index (χ4v) is 2.78.